The van der Waals surface area contributed by atoms with Gasteiger partial charge < -0.3 is 5.32 Å². The van der Waals surface area contributed by atoms with Crippen LogP contribution in [0.5, 0.6) is 0 Å². The molecule has 1 atom stereocenters. The first-order valence-corrected chi connectivity index (χ1v) is 9.35. The van der Waals surface area contributed by atoms with Gasteiger partial charge in [0.2, 0.25) is 5.91 Å². The predicted octanol–water partition coefficient (Wildman–Crippen LogP) is 0.388. The second kappa shape index (κ2) is 6.96. The zero-order valence-electron chi connectivity index (χ0n) is 13.2. The standard InChI is InChI=1S/C16H18N2O5S/c1-3-9-17-14(19)13(8-10-24(2,22)23)18-15(20)11-6-4-5-7-12(11)16(18)21/h3-7,13H,1,8-10H2,2H3,(H,17,19)/t13-/m0/s1. The van der Waals surface area contributed by atoms with Crippen LogP contribution in [-0.4, -0.2) is 55.6 Å². The smallest absolute Gasteiger partial charge is 0.262 e. The van der Waals surface area contributed by atoms with Crippen molar-refractivity contribution in [3.05, 3.63) is 48.0 Å². The molecule has 0 spiro atoms. The minimum absolute atomic E-state index is 0.150. The molecule has 3 amide bonds. The van der Waals surface area contributed by atoms with Crippen LogP contribution in [0.15, 0.2) is 36.9 Å². The Kier molecular flexibility index (Phi) is 5.18. The second-order valence-electron chi connectivity index (χ2n) is 5.49. The molecular weight excluding hydrogens is 332 g/mol. The molecule has 1 aromatic rings. The monoisotopic (exact) mass is 350 g/mol. The second-order valence-corrected chi connectivity index (χ2v) is 7.75. The van der Waals surface area contributed by atoms with E-state index in [4.69, 9.17) is 0 Å². The number of rotatable bonds is 7. The largest absolute Gasteiger partial charge is 0.351 e. The van der Waals surface area contributed by atoms with Crippen molar-refractivity contribution < 1.29 is 22.8 Å². The van der Waals surface area contributed by atoms with E-state index in [2.05, 4.69) is 11.9 Å². The minimum atomic E-state index is -3.35. The highest BCUT2D eigenvalue weighted by molar-refractivity contribution is 7.90. The summed E-state index contributed by atoms with van der Waals surface area (Å²) in [7, 11) is -3.35. The summed E-state index contributed by atoms with van der Waals surface area (Å²) in [6.45, 7) is 3.63. The van der Waals surface area contributed by atoms with Gasteiger partial charge in [-0.1, -0.05) is 18.2 Å². The maximum Gasteiger partial charge on any atom is 0.262 e. The lowest BCUT2D eigenvalue weighted by Gasteiger charge is -2.25. The first-order valence-electron chi connectivity index (χ1n) is 7.29. The van der Waals surface area contributed by atoms with Crippen LogP contribution in [0.1, 0.15) is 27.1 Å². The molecule has 0 aliphatic carbocycles. The lowest BCUT2D eigenvalue weighted by molar-refractivity contribution is -0.124. The average molecular weight is 350 g/mol. The Morgan fingerprint density at radius 3 is 2.25 bits per heavy atom. The van der Waals surface area contributed by atoms with Gasteiger partial charge in [0.05, 0.1) is 16.9 Å². The Bertz CT molecular complexity index is 765. The summed E-state index contributed by atoms with van der Waals surface area (Å²) in [6.07, 6.45) is 2.33. The van der Waals surface area contributed by atoms with Crippen molar-refractivity contribution in [1.29, 1.82) is 0 Å². The summed E-state index contributed by atoms with van der Waals surface area (Å²) >= 11 is 0. The van der Waals surface area contributed by atoms with Crippen LogP contribution in [0.25, 0.3) is 0 Å². The molecular formula is C16H18N2O5S. The van der Waals surface area contributed by atoms with Gasteiger partial charge in [-0.25, -0.2) is 8.42 Å². The van der Waals surface area contributed by atoms with Gasteiger partial charge in [-0.3, -0.25) is 19.3 Å². The van der Waals surface area contributed by atoms with Crippen LogP contribution >= 0.6 is 0 Å². The molecule has 0 saturated carbocycles. The number of nitrogens with one attached hydrogen (secondary N) is 1. The van der Waals surface area contributed by atoms with Crippen molar-refractivity contribution in [3.8, 4) is 0 Å². The molecule has 0 unspecified atom stereocenters. The maximum absolute atomic E-state index is 12.5. The molecule has 1 aromatic carbocycles. The highest BCUT2D eigenvalue weighted by atomic mass is 32.2. The first kappa shape index (κ1) is 17.9. The van der Waals surface area contributed by atoms with E-state index < -0.39 is 33.6 Å². The number of hydrogen-bond acceptors (Lipinski definition) is 5. The molecule has 1 aliphatic heterocycles. The molecule has 0 saturated heterocycles. The third kappa shape index (κ3) is 3.70. The van der Waals surface area contributed by atoms with Crippen molar-refractivity contribution in [2.75, 3.05) is 18.6 Å². The van der Waals surface area contributed by atoms with Crippen molar-refractivity contribution in [3.63, 3.8) is 0 Å². The van der Waals surface area contributed by atoms with E-state index in [-0.39, 0.29) is 29.8 Å². The van der Waals surface area contributed by atoms with Crippen molar-refractivity contribution >= 4 is 27.6 Å². The van der Waals surface area contributed by atoms with Crippen molar-refractivity contribution in [2.24, 2.45) is 0 Å². The number of nitrogens with zero attached hydrogens (tertiary/aromatic N) is 1. The van der Waals surface area contributed by atoms with E-state index >= 15 is 0 Å². The topological polar surface area (TPSA) is 101 Å². The summed E-state index contributed by atoms with van der Waals surface area (Å²) in [4.78, 5) is 38.2. The number of imide groups is 1. The van der Waals surface area contributed by atoms with Gasteiger partial charge in [-0.05, 0) is 18.6 Å². The van der Waals surface area contributed by atoms with Crippen LogP contribution in [0.2, 0.25) is 0 Å². The third-order valence-corrected chi connectivity index (χ3v) is 4.60. The molecule has 24 heavy (non-hydrogen) atoms. The van der Waals surface area contributed by atoms with E-state index in [0.717, 1.165) is 11.2 Å². The number of sulfone groups is 1. The van der Waals surface area contributed by atoms with Gasteiger partial charge >= 0.3 is 0 Å². The minimum Gasteiger partial charge on any atom is -0.351 e. The third-order valence-electron chi connectivity index (χ3n) is 3.62. The average Bonchev–Trinajstić information content (AvgIpc) is 2.77. The van der Waals surface area contributed by atoms with Crippen LogP contribution < -0.4 is 5.32 Å². The molecule has 1 N–H and O–H groups in total. The number of carbonyl (C=O) groups is 3. The molecule has 0 bridgehead atoms. The summed E-state index contributed by atoms with van der Waals surface area (Å²) in [5.74, 6) is -2.09. The molecule has 8 heteroatoms. The summed E-state index contributed by atoms with van der Waals surface area (Å²) < 4.78 is 22.9. The van der Waals surface area contributed by atoms with E-state index in [0.29, 0.717) is 0 Å². The van der Waals surface area contributed by atoms with Crippen LogP contribution in [0.4, 0.5) is 0 Å². The van der Waals surface area contributed by atoms with E-state index in [1.54, 1.807) is 12.1 Å². The summed E-state index contributed by atoms with van der Waals surface area (Å²) in [5, 5.41) is 2.52. The Balaban J connectivity index is 2.33. The van der Waals surface area contributed by atoms with Crippen molar-refractivity contribution in [1.82, 2.24) is 10.2 Å². The van der Waals surface area contributed by atoms with Gasteiger partial charge in [-0.15, -0.1) is 6.58 Å². The molecule has 2 rings (SSSR count). The molecule has 0 fully saturated rings. The molecule has 1 heterocycles. The van der Waals surface area contributed by atoms with Crippen LogP contribution in [0.3, 0.4) is 0 Å². The molecule has 1 aliphatic rings. The van der Waals surface area contributed by atoms with Gasteiger partial charge in [0.1, 0.15) is 15.9 Å². The normalized spacial score (nSPS) is 15.1. The Morgan fingerprint density at radius 1 is 1.25 bits per heavy atom. The van der Waals surface area contributed by atoms with Crippen LogP contribution in [-0.2, 0) is 14.6 Å². The van der Waals surface area contributed by atoms with Crippen molar-refractivity contribution in [2.45, 2.75) is 12.5 Å². The van der Waals surface area contributed by atoms with Gasteiger partial charge in [0.15, 0.2) is 0 Å². The number of hydrogen-bond donors (Lipinski definition) is 1. The fraction of sp³-hybridized carbons (Fsp3) is 0.312. The van der Waals surface area contributed by atoms with Crippen LogP contribution in [0, 0.1) is 0 Å². The fourth-order valence-corrected chi connectivity index (χ4v) is 3.14. The molecule has 128 valence electrons. The van der Waals surface area contributed by atoms with E-state index in [1.807, 2.05) is 0 Å². The molecule has 0 radical (unpaired) electrons. The highest BCUT2D eigenvalue weighted by Gasteiger charge is 2.42. The zero-order valence-corrected chi connectivity index (χ0v) is 14.0. The zero-order chi connectivity index (χ0) is 17.9. The Hall–Kier alpha value is -2.48. The Morgan fingerprint density at radius 2 is 1.79 bits per heavy atom. The predicted molar refractivity (Wildman–Crippen MR) is 88.3 cm³/mol. The van der Waals surface area contributed by atoms with E-state index in [1.165, 1.54) is 18.2 Å². The Labute approximate surface area is 140 Å². The quantitative estimate of drug-likeness (QED) is 0.566. The number of amides is 3. The summed E-state index contributed by atoms with van der Waals surface area (Å²) in [6, 6.07) is 5.07. The SMILES string of the molecule is C=CCNC(=O)[C@H](CCS(C)(=O)=O)N1C(=O)c2ccccc2C1=O. The van der Waals surface area contributed by atoms with Gasteiger partial charge in [-0.2, -0.15) is 0 Å². The molecule has 0 aromatic heterocycles. The highest BCUT2D eigenvalue weighted by Crippen LogP contribution is 2.25. The lowest BCUT2D eigenvalue weighted by Crippen LogP contribution is -2.50. The summed E-state index contributed by atoms with van der Waals surface area (Å²) in [5.41, 5.74) is 0.423. The van der Waals surface area contributed by atoms with Gasteiger partial charge in [0, 0.05) is 12.8 Å². The first-order chi connectivity index (χ1) is 11.3. The lowest BCUT2D eigenvalue weighted by atomic mass is 10.1. The fourth-order valence-electron chi connectivity index (χ4n) is 2.48. The number of benzene rings is 1. The van der Waals surface area contributed by atoms with E-state index in [9.17, 15) is 22.8 Å². The number of carbonyl (C=O) groups excluding carboxylic acids is 3. The van der Waals surface area contributed by atoms with Gasteiger partial charge in [0.25, 0.3) is 11.8 Å². The number of fused-ring (bicyclic) bond motifs is 1. The molecule has 7 nitrogen and oxygen atoms in total. The maximum atomic E-state index is 12.5.